The summed E-state index contributed by atoms with van der Waals surface area (Å²) in [7, 11) is 0. The smallest absolute Gasteiger partial charge is 0.0960 e. The molecule has 3 unspecified atom stereocenters. The van der Waals surface area contributed by atoms with Crippen molar-refractivity contribution in [2.45, 2.75) is 32.5 Å². The fourth-order valence-electron chi connectivity index (χ4n) is 1.55. The van der Waals surface area contributed by atoms with Gasteiger partial charge in [-0.15, -0.1) is 0 Å². The Balaban J connectivity index is 2.60. The third kappa shape index (κ3) is 0.700. The van der Waals surface area contributed by atoms with Gasteiger partial charge in [-0.05, 0) is 18.8 Å². The van der Waals surface area contributed by atoms with Crippen molar-refractivity contribution in [2.24, 2.45) is 11.8 Å². The first kappa shape index (κ1) is 7.03. The molecule has 2 heteroatoms. The second-order valence-electron chi connectivity index (χ2n) is 3.14. The Morgan fingerprint density at radius 2 is 1.67 bits per heavy atom. The standard InChI is InChI=1S/C7H14O2/c1-4-5(2)7(4,9)6(3)8/h4-6,8-9H,1-3H3. The summed E-state index contributed by atoms with van der Waals surface area (Å²) in [6, 6.07) is 0. The fourth-order valence-corrected chi connectivity index (χ4v) is 1.55. The molecule has 0 spiro atoms. The molecule has 0 aliphatic heterocycles. The van der Waals surface area contributed by atoms with E-state index in [-0.39, 0.29) is 11.8 Å². The zero-order valence-corrected chi connectivity index (χ0v) is 6.13. The van der Waals surface area contributed by atoms with E-state index >= 15 is 0 Å². The predicted octanol–water partition coefficient (Wildman–Crippen LogP) is 0.384. The molecule has 0 aromatic carbocycles. The maximum absolute atomic E-state index is 9.49. The molecule has 1 rings (SSSR count). The van der Waals surface area contributed by atoms with E-state index < -0.39 is 11.7 Å². The Morgan fingerprint density at radius 1 is 1.33 bits per heavy atom. The molecular weight excluding hydrogens is 116 g/mol. The van der Waals surface area contributed by atoms with Crippen molar-refractivity contribution in [3.05, 3.63) is 0 Å². The van der Waals surface area contributed by atoms with Crippen molar-refractivity contribution in [3.8, 4) is 0 Å². The van der Waals surface area contributed by atoms with E-state index in [0.29, 0.717) is 0 Å². The Labute approximate surface area is 55.5 Å². The molecule has 0 amide bonds. The third-order valence-corrected chi connectivity index (χ3v) is 2.77. The lowest BCUT2D eigenvalue weighted by Gasteiger charge is -2.12. The predicted molar refractivity (Wildman–Crippen MR) is 35.0 cm³/mol. The van der Waals surface area contributed by atoms with Gasteiger partial charge in [-0.25, -0.2) is 0 Å². The summed E-state index contributed by atoms with van der Waals surface area (Å²) >= 11 is 0. The van der Waals surface area contributed by atoms with Crippen LogP contribution >= 0.6 is 0 Å². The minimum absolute atomic E-state index is 0.262. The van der Waals surface area contributed by atoms with Crippen LogP contribution in [0.4, 0.5) is 0 Å². The van der Waals surface area contributed by atoms with Crippen molar-refractivity contribution >= 4 is 0 Å². The van der Waals surface area contributed by atoms with E-state index in [2.05, 4.69) is 0 Å². The summed E-state index contributed by atoms with van der Waals surface area (Å²) < 4.78 is 0. The number of aliphatic hydroxyl groups is 2. The van der Waals surface area contributed by atoms with Crippen LogP contribution in [0.5, 0.6) is 0 Å². The SMILES string of the molecule is CC(O)C1(O)C(C)C1C. The van der Waals surface area contributed by atoms with Gasteiger partial charge in [-0.2, -0.15) is 0 Å². The highest BCUT2D eigenvalue weighted by molar-refractivity contribution is 5.10. The van der Waals surface area contributed by atoms with Gasteiger partial charge in [0.1, 0.15) is 0 Å². The van der Waals surface area contributed by atoms with Crippen LogP contribution < -0.4 is 0 Å². The molecule has 2 N–H and O–H groups in total. The monoisotopic (exact) mass is 130 g/mol. The van der Waals surface area contributed by atoms with Gasteiger partial charge >= 0.3 is 0 Å². The number of rotatable bonds is 1. The Morgan fingerprint density at radius 3 is 1.67 bits per heavy atom. The Kier molecular flexibility index (Phi) is 1.33. The average Bonchev–Trinajstić information content (AvgIpc) is 2.22. The molecule has 9 heavy (non-hydrogen) atoms. The third-order valence-electron chi connectivity index (χ3n) is 2.77. The van der Waals surface area contributed by atoms with Crippen LogP contribution in [0.3, 0.4) is 0 Å². The van der Waals surface area contributed by atoms with Gasteiger partial charge in [-0.1, -0.05) is 13.8 Å². The van der Waals surface area contributed by atoms with E-state index in [0.717, 1.165) is 0 Å². The van der Waals surface area contributed by atoms with Crippen LogP contribution in [0.2, 0.25) is 0 Å². The highest BCUT2D eigenvalue weighted by Gasteiger charge is 2.61. The maximum atomic E-state index is 9.49. The summed E-state index contributed by atoms with van der Waals surface area (Å²) in [4.78, 5) is 0. The molecule has 0 bridgehead atoms. The highest BCUT2D eigenvalue weighted by atomic mass is 16.3. The van der Waals surface area contributed by atoms with E-state index in [1.807, 2.05) is 13.8 Å². The fraction of sp³-hybridized carbons (Fsp3) is 1.00. The second-order valence-corrected chi connectivity index (χ2v) is 3.14. The van der Waals surface area contributed by atoms with Crippen molar-refractivity contribution in [1.82, 2.24) is 0 Å². The van der Waals surface area contributed by atoms with Gasteiger partial charge in [0.25, 0.3) is 0 Å². The Hall–Kier alpha value is -0.0800. The molecule has 0 aromatic rings. The zero-order chi connectivity index (χ0) is 7.23. The van der Waals surface area contributed by atoms with Crippen molar-refractivity contribution in [1.29, 1.82) is 0 Å². The molecule has 1 saturated carbocycles. The summed E-state index contributed by atoms with van der Waals surface area (Å²) in [5.74, 6) is 0.523. The normalized spacial score (nSPS) is 53.0. The molecule has 0 heterocycles. The van der Waals surface area contributed by atoms with Crippen molar-refractivity contribution in [2.75, 3.05) is 0 Å². The first-order valence-electron chi connectivity index (χ1n) is 3.41. The molecule has 2 nitrogen and oxygen atoms in total. The maximum Gasteiger partial charge on any atom is 0.0960 e. The summed E-state index contributed by atoms with van der Waals surface area (Å²) in [5, 5.41) is 18.5. The van der Waals surface area contributed by atoms with Gasteiger partial charge in [0.2, 0.25) is 0 Å². The minimum atomic E-state index is -0.778. The van der Waals surface area contributed by atoms with Gasteiger partial charge in [0, 0.05) is 0 Å². The molecule has 0 saturated heterocycles. The van der Waals surface area contributed by atoms with Crippen molar-refractivity contribution < 1.29 is 10.2 Å². The number of hydrogen-bond acceptors (Lipinski definition) is 2. The number of aliphatic hydroxyl groups excluding tert-OH is 1. The lowest BCUT2D eigenvalue weighted by atomic mass is 10.1. The van der Waals surface area contributed by atoms with Crippen LogP contribution in [0.25, 0.3) is 0 Å². The molecule has 1 aliphatic carbocycles. The van der Waals surface area contributed by atoms with Gasteiger partial charge in [-0.3, -0.25) is 0 Å². The topological polar surface area (TPSA) is 40.5 Å². The lowest BCUT2D eigenvalue weighted by molar-refractivity contribution is -0.00707. The molecule has 1 aliphatic rings. The molecule has 54 valence electrons. The first-order chi connectivity index (χ1) is 4.01. The molecule has 0 aromatic heterocycles. The van der Waals surface area contributed by atoms with Crippen LogP contribution in [-0.2, 0) is 0 Å². The van der Waals surface area contributed by atoms with Crippen LogP contribution in [0.15, 0.2) is 0 Å². The molecule has 3 atom stereocenters. The number of hydrogen-bond donors (Lipinski definition) is 2. The summed E-state index contributed by atoms with van der Waals surface area (Å²) in [5.41, 5.74) is -0.778. The average molecular weight is 130 g/mol. The van der Waals surface area contributed by atoms with Crippen molar-refractivity contribution in [3.63, 3.8) is 0 Å². The van der Waals surface area contributed by atoms with Crippen LogP contribution in [-0.4, -0.2) is 21.9 Å². The molecule has 1 fully saturated rings. The summed E-state index contributed by atoms with van der Waals surface area (Å²) in [6.07, 6.45) is -0.581. The lowest BCUT2D eigenvalue weighted by Crippen LogP contribution is -2.27. The minimum Gasteiger partial charge on any atom is -0.390 e. The first-order valence-corrected chi connectivity index (χ1v) is 3.41. The Bertz CT molecular complexity index is 103. The van der Waals surface area contributed by atoms with E-state index in [4.69, 9.17) is 5.11 Å². The largest absolute Gasteiger partial charge is 0.390 e. The van der Waals surface area contributed by atoms with Gasteiger partial charge < -0.3 is 10.2 Å². The van der Waals surface area contributed by atoms with E-state index in [1.54, 1.807) is 6.92 Å². The van der Waals surface area contributed by atoms with Crippen LogP contribution in [0.1, 0.15) is 20.8 Å². The van der Waals surface area contributed by atoms with Gasteiger partial charge in [0.15, 0.2) is 0 Å². The van der Waals surface area contributed by atoms with Gasteiger partial charge in [0.05, 0.1) is 11.7 Å². The highest BCUT2D eigenvalue weighted by Crippen LogP contribution is 2.51. The second kappa shape index (κ2) is 1.70. The van der Waals surface area contributed by atoms with E-state index in [1.165, 1.54) is 0 Å². The zero-order valence-electron chi connectivity index (χ0n) is 6.13. The quantitative estimate of drug-likeness (QED) is 0.539. The molecule has 0 radical (unpaired) electrons. The van der Waals surface area contributed by atoms with Crippen LogP contribution in [0, 0.1) is 11.8 Å². The van der Waals surface area contributed by atoms with E-state index in [9.17, 15) is 5.11 Å². The molecular formula is C7H14O2. The summed E-state index contributed by atoms with van der Waals surface area (Å²) in [6.45, 7) is 5.55.